The van der Waals surface area contributed by atoms with Gasteiger partial charge in [-0.15, -0.1) is 0 Å². The molecule has 2 aromatic rings. The zero-order valence-corrected chi connectivity index (χ0v) is 12.0. The van der Waals surface area contributed by atoms with Crippen molar-refractivity contribution in [2.75, 3.05) is 6.61 Å². The summed E-state index contributed by atoms with van der Waals surface area (Å²) in [5.74, 6) is -1.10. The Balaban J connectivity index is 1.94. The minimum atomic E-state index is -0.552. The third-order valence-corrected chi connectivity index (χ3v) is 3.15. The molecule has 0 aromatic heterocycles. The first-order valence-electron chi connectivity index (χ1n) is 6.99. The van der Waals surface area contributed by atoms with Crippen molar-refractivity contribution in [1.82, 2.24) is 5.32 Å². The highest BCUT2D eigenvalue weighted by atomic mass is 19.1. The average molecular weight is 291 g/mol. The molecule has 0 amide bonds. The van der Waals surface area contributed by atoms with E-state index in [1.807, 2.05) is 31.2 Å². The number of benzene rings is 2. The second-order valence-electron chi connectivity index (χ2n) is 4.79. The molecule has 21 heavy (non-hydrogen) atoms. The minimum Gasteiger partial charge on any atom is -0.377 e. The van der Waals surface area contributed by atoms with Gasteiger partial charge in [0.1, 0.15) is 11.6 Å². The van der Waals surface area contributed by atoms with Crippen molar-refractivity contribution in [2.45, 2.75) is 26.6 Å². The van der Waals surface area contributed by atoms with Gasteiger partial charge < -0.3 is 10.1 Å². The Labute approximate surface area is 123 Å². The van der Waals surface area contributed by atoms with Crippen molar-refractivity contribution in [1.29, 1.82) is 0 Å². The first-order valence-corrected chi connectivity index (χ1v) is 6.99. The lowest BCUT2D eigenvalue weighted by Gasteiger charge is -2.11. The Kier molecular flexibility index (Phi) is 5.84. The Morgan fingerprint density at radius 2 is 1.62 bits per heavy atom. The summed E-state index contributed by atoms with van der Waals surface area (Å²) in [5, 5.41) is 3.20. The van der Waals surface area contributed by atoms with Crippen LogP contribution < -0.4 is 5.32 Å². The highest BCUT2D eigenvalue weighted by Gasteiger charge is 2.03. The van der Waals surface area contributed by atoms with E-state index in [-0.39, 0.29) is 0 Å². The van der Waals surface area contributed by atoms with E-state index in [0.29, 0.717) is 31.9 Å². The van der Waals surface area contributed by atoms with Gasteiger partial charge in [0.15, 0.2) is 0 Å². The number of hydrogen-bond donors (Lipinski definition) is 1. The summed E-state index contributed by atoms with van der Waals surface area (Å²) in [6, 6.07) is 11.5. The fraction of sp³-hybridized carbons (Fsp3) is 0.294. The van der Waals surface area contributed by atoms with Gasteiger partial charge >= 0.3 is 0 Å². The van der Waals surface area contributed by atoms with E-state index in [4.69, 9.17) is 4.74 Å². The lowest BCUT2D eigenvalue weighted by atomic mass is 10.1. The van der Waals surface area contributed by atoms with Crippen molar-refractivity contribution in [3.63, 3.8) is 0 Å². The molecule has 0 spiro atoms. The molecular weight excluding hydrogens is 272 g/mol. The smallest absolute Gasteiger partial charge is 0.126 e. The van der Waals surface area contributed by atoms with Gasteiger partial charge in [0.25, 0.3) is 0 Å². The van der Waals surface area contributed by atoms with Crippen molar-refractivity contribution >= 4 is 0 Å². The van der Waals surface area contributed by atoms with Gasteiger partial charge in [-0.1, -0.05) is 24.3 Å². The Hall–Kier alpha value is -1.78. The number of hydrogen-bond acceptors (Lipinski definition) is 2. The zero-order chi connectivity index (χ0) is 15.1. The number of halogens is 2. The largest absolute Gasteiger partial charge is 0.377 e. The molecule has 2 rings (SSSR count). The third-order valence-electron chi connectivity index (χ3n) is 3.15. The highest BCUT2D eigenvalue weighted by molar-refractivity contribution is 5.26. The topological polar surface area (TPSA) is 21.3 Å². The van der Waals surface area contributed by atoms with Crippen molar-refractivity contribution in [3.8, 4) is 0 Å². The lowest BCUT2D eigenvalue weighted by molar-refractivity contribution is 0.133. The van der Waals surface area contributed by atoms with E-state index in [1.54, 1.807) is 0 Å². The first-order chi connectivity index (χ1) is 10.2. The standard InChI is InChI=1S/C17H19F2NO/c1-2-21-12-15-6-4-3-5-14(15)11-20-10-13-7-16(18)9-17(19)8-13/h3-9,20H,2,10-12H2,1H3. The van der Waals surface area contributed by atoms with Crippen LogP contribution in [0, 0.1) is 11.6 Å². The van der Waals surface area contributed by atoms with Crippen LogP contribution in [-0.2, 0) is 24.4 Å². The van der Waals surface area contributed by atoms with Crippen LogP contribution in [0.15, 0.2) is 42.5 Å². The summed E-state index contributed by atoms with van der Waals surface area (Å²) < 4.78 is 31.6. The van der Waals surface area contributed by atoms with Crippen LogP contribution in [0.3, 0.4) is 0 Å². The molecule has 0 bridgehead atoms. The van der Waals surface area contributed by atoms with Gasteiger partial charge in [-0.05, 0) is 35.7 Å². The van der Waals surface area contributed by atoms with Crippen molar-refractivity contribution in [2.24, 2.45) is 0 Å². The van der Waals surface area contributed by atoms with Crippen molar-refractivity contribution in [3.05, 3.63) is 70.8 Å². The fourth-order valence-corrected chi connectivity index (χ4v) is 2.14. The maximum absolute atomic E-state index is 13.1. The van der Waals surface area contributed by atoms with Crippen LogP contribution >= 0.6 is 0 Å². The van der Waals surface area contributed by atoms with E-state index >= 15 is 0 Å². The molecule has 0 aliphatic heterocycles. The van der Waals surface area contributed by atoms with E-state index in [2.05, 4.69) is 5.32 Å². The highest BCUT2D eigenvalue weighted by Crippen LogP contribution is 2.11. The summed E-state index contributed by atoms with van der Waals surface area (Å²) in [5.41, 5.74) is 2.84. The van der Waals surface area contributed by atoms with Gasteiger partial charge in [0.05, 0.1) is 6.61 Å². The van der Waals surface area contributed by atoms with E-state index in [1.165, 1.54) is 12.1 Å². The summed E-state index contributed by atoms with van der Waals surface area (Å²) in [6.07, 6.45) is 0. The van der Waals surface area contributed by atoms with Gasteiger partial charge in [-0.2, -0.15) is 0 Å². The lowest BCUT2D eigenvalue weighted by Crippen LogP contribution is -2.14. The first kappa shape index (κ1) is 15.6. The van der Waals surface area contributed by atoms with Crippen LogP contribution in [0.5, 0.6) is 0 Å². The minimum absolute atomic E-state index is 0.414. The second kappa shape index (κ2) is 7.86. The molecule has 0 radical (unpaired) electrons. The molecule has 0 heterocycles. The van der Waals surface area contributed by atoms with Crippen LogP contribution in [0.4, 0.5) is 8.78 Å². The number of ether oxygens (including phenoxy) is 1. The Bertz CT molecular complexity index is 567. The summed E-state index contributed by atoms with van der Waals surface area (Å²) >= 11 is 0. The maximum atomic E-state index is 13.1. The average Bonchev–Trinajstić information content (AvgIpc) is 2.45. The van der Waals surface area contributed by atoms with Gasteiger partial charge in [0.2, 0.25) is 0 Å². The molecule has 112 valence electrons. The normalized spacial score (nSPS) is 10.8. The van der Waals surface area contributed by atoms with Crippen LogP contribution in [0.25, 0.3) is 0 Å². The van der Waals surface area contributed by atoms with Gasteiger partial charge in [0, 0.05) is 25.8 Å². The zero-order valence-electron chi connectivity index (χ0n) is 12.0. The Morgan fingerprint density at radius 3 is 2.29 bits per heavy atom. The monoisotopic (exact) mass is 291 g/mol. The van der Waals surface area contributed by atoms with Crippen LogP contribution in [0.2, 0.25) is 0 Å². The SMILES string of the molecule is CCOCc1ccccc1CNCc1cc(F)cc(F)c1. The van der Waals surface area contributed by atoms with Gasteiger partial charge in [-0.25, -0.2) is 8.78 Å². The fourth-order valence-electron chi connectivity index (χ4n) is 2.14. The van der Waals surface area contributed by atoms with Crippen molar-refractivity contribution < 1.29 is 13.5 Å². The molecule has 4 heteroatoms. The molecule has 0 fully saturated rings. The third kappa shape index (κ3) is 4.92. The number of nitrogens with one attached hydrogen (secondary N) is 1. The number of rotatable bonds is 7. The predicted molar refractivity (Wildman–Crippen MR) is 78.7 cm³/mol. The molecule has 2 aromatic carbocycles. The maximum Gasteiger partial charge on any atom is 0.126 e. The molecule has 0 aliphatic carbocycles. The van der Waals surface area contributed by atoms with Gasteiger partial charge in [-0.3, -0.25) is 0 Å². The molecule has 0 atom stereocenters. The predicted octanol–water partition coefficient (Wildman–Crippen LogP) is 3.79. The molecule has 0 saturated carbocycles. The summed E-state index contributed by atoms with van der Waals surface area (Å²) in [6.45, 7) is 4.24. The van der Waals surface area contributed by atoms with E-state index in [9.17, 15) is 8.78 Å². The van der Waals surface area contributed by atoms with Crippen LogP contribution in [-0.4, -0.2) is 6.61 Å². The molecule has 1 N–H and O–H groups in total. The molecule has 0 aliphatic rings. The quantitative estimate of drug-likeness (QED) is 0.838. The molecule has 0 unspecified atom stereocenters. The summed E-state index contributed by atoms with van der Waals surface area (Å²) in [4.78, 5) is 0. The molecular formula is C17H19F2NO. The Morgan fingerprint density at radius 1 is 0.952 bits per heavy atom. The molecule has 2 nitrogen and oxygen atoms in total. The van der Waals surface area contributed by atoms with E-state index < -0.39 is 11.6 Å². The summed E-state index contributed by atoms with van der Waals surface area (Å²) in [7, 11) is 0. The second-order valence-corrected chi connectivity index (χ2v) is 4.79. The molecule has 0 saturated heterocycles. The van der Waals surface area contributed by atoms with Crippen LogP contribution in [0.1, 0.15) is 23.6 Å². The van der Waals surface area contributed by atoms with E-state index in [0.717, 1.165) is 17.2 Å².